The molecule has 2 aromatic rings. The van der Waals surface area contributed by atoms with Gasteiger partial charge in [-0.15, -0.1) is 0 Å². The molecule has 0 radical (unpaired) electrons. The number of carbonyl (C=O) groups excluding carboxylic acids is 1. The minimum Gasteiger partial charge on any atom is -0.372 e. The van der Waals surface area contributed by atoms with E-state index in [2.05, 4.69) is 16.0 Å². The quantitative estimate of drug-likeness (QED) is 0.498. The Morgan fingerprint density at radius 2 is 1.57 bits per heavy atom. The number of ether oxygens (including phenoxy) is 1. The third kappa shape index (κ3) is 5.40. The van der Waals surface area contributed by atoms with E-state index in [4.69, 9.17) is 4.74 Å². The molecule has 11 heteroatoms. The summed E-state index contributed by atoms with van der Waals surface area (Å²) in [6, 6.07) is 10.5. The van der Waals surface area contributed by atoms with Gasteiger partial charge in [-0.05, 0) is 49.1 Å². The number of rotatable bonds is 5. The van der Waals surface area contributed by atoms with Crippen LogP contribution in [0.5, 0.6) is 0 Å². The van der Waals surface area contributed by atoms with E-state index in [0.717, 1.165) is 5.56 Å². The topological polar surface area (TPSA) is 62.4 Å². The number of hydrogen-bond donors (Lipinski definition) is 3. The zero-order valence-electron chi connectivity index (χ0n) is 18.8. The molecule has 2 aliphatic heterocycles. The number of piperidine rings is 1. The van der Waals surface area contributed by atoms with Crippen LogP contribution in [0.4, 0.5) is 31.1 Å². The first-order valence-corrected chi connectivity index (χ1v) is 11.1. The van der Waals surface area contributed by atoms with Crippen LogP contribution in [0.25, 0.3) is 0 Å². The van der Waals surface area contributed by atoms with Gasteiger partial charge in [0, 0.05) is 13.1 Å². The molecule has 3 atom stereocenters. The third-order valence-corrected chi connectivity index (χ3v) is 6.75. The van der Waals surface area contributed by atoms with E-state index in [1.807, 2.05) is 30.3 Å². The Morgan fingerprint density at radius 3 is 2.06 bits per heavy atom. The molecule has 1 spiro atoms. The number of alkyl halides is 6. The van der Waals surface area contributed by atoms with Gasteiger partial charge in [-0.3, -0.25) is 0 Å². The summed E-state index contributed by atoms with van der Waals surface area (Å²) in [5.74, 6) is 0. The van der Waals surface area contributed by atoms with E-state index in [9.17, 15) is 31.1 Å². The predicted molar refractivity (Wildman–Crippen MR) is 115 cm³/mol. The maximum absolute atomic E-state index is 13.3. The van der Waals surface area contributed by atoms with Crippen molar-refractivity contribution in [1.29, 1.82) is 0 Å². The molecule has 2 unspecified atom stereocenters. The number of hydrogen-bond acceptors (Lipinski definition) is 3. The summed E-state index contributed by atoms with van der Waals surface area (Å²) >= 11 is 0. The van der Waals surface area contributed by atoms with Gasteiger partial charge in [0.05, 0.1) is 34.9 Å². The molecule has 2 fully saturated rings. The Balaban J connectivity index is 1.58. The molecule has 0 saturated carbocycles. The number of urea groups is 1. The van der Waals surface area contributed by atoms with E-state index < -0.39 is 40.7 Å². The Morgan fingerprint density at radius 1 is 0.943 bits per heavy atom. The van der Waals surface area contributed by atoms with E-state index in [0.29, 0.717) is 38.1 Å². The predicted octanol–water partition coefficient (Wildman–Crippen LogP) is 5.13. The molecule has 0 bridgehead atoms. The van der Waals surface area contributed by atoms with Crippen molar-refractivity contribution >= 4 is 6.03 Å². The number of benzene rings is 2. The van der Waals surface area contributed by atoms with Crippen molar-refractivity contribution in [2.45, 2.75) is 49.3 Å². The Hall–Kier alpha value is -2.79. The summed E-state index contributed by atoms with van der Waals surface area (Å²) in [7, 11) is 0. The van der Waals surface area contributed by atoms with Crippen LogP contribution in [0, 0.1) is 0 Å². The highest BCUT2D eigenvalue weighted by atomic mass is 19.4. The lowest BCUT2D eigenvalue weighted by atomic mass is 9.76. The molecule has 2 amide bonds. The van der Waals surface area contributed by atoms with Crippen LogP contribution in [-0.2, 0) is 22.6 Å². The van der Waals surface area contributed by atoms with Gasteiger partial charge in [0.25, 0.3) is 0 Å². The zero-order chi connectivity index (χ0) is 25.5. The summed E-state index contributed by atoms with van der Waals surface area (Å²) in [6.07, 6.45) is -9.76. The van der Waals surface area contributed by atoms with Gasteiger partial charge in [-0.25, -0.2) is 4.79 Å². The van der Waals surface area contributed by atoms with E-state index in [-0.39, 0.29) is 24.3 Å². The second kappa shape index (κ2) is 9.02. The van der Waals surface area contributed by atoms with Crippen molar-refractivity contribution in [1.82, 2.24) is 16.0 Å². The monoisotopic (exact) mass is 501 g/mol. The molecule has 190 valence electrons. The lowest BCUT2D eigenvalue weighted by molar-refractivity contribution is -0.143. The average Bonchev–Trinajstić information content (AvgIpc) is 3.18. The van der Waals surface area contributed by atoms with Crippen molar-refractivity contribution in [3.8, 4) is 0 Å². The first kappa shape index (κ1) is 25.3. The van der Waals surface area contributed by atoms with Crippen molar-refractivity contribution in [2.75, 3.05) is 19.7 Å². The van der Waals surface area contributed by atoms with Crippen LogP contribution in [0.3, 0.4) is 0 Å². The summed E-state index contributed by atoms with van der Waals surface area (Å²) < 4.78 is 85.6. The zero-order valence-corrected chi connectivity index (χ0v) is 18.8. The molecule has 2 heterocycles. The fraction of sp³-hybridized carbons (Fsp3) is 0.458. The molecule has 35 heavy (non-hydrogen) atoms. The van der Waals surface area contributed by atoms with Gasteiger partial charge >= 0.3 is 18.4 Å². The van der Waals surface area contributed by atoms with Gasteiger partial charge in [-0.2, -0.15) is 26.3 Å². The van der Waals surface area contributed by atoms with Crippen molar-refractivity contribution < 1.29 is 35.9 Å². The molecule has 4 rings (SSSR count). The highest BCUT2D eigenvalue weighted by Gasteiger charge is 2.47. The van der Waals surface area contributed by atoms with Crippen LogP contribution in [0.1, 0.15) is 48.1 Å². The fourth-order valence-corrected chi connectivity index (χ4v) is 4.59. The molecule has 0 aliphatic carbocycles. The number of amides is 2. The van der Waals surface area contributed by atoms with Crippen molar-refractivity contribution in [3.63, 3.8) is 0 Å². The highest BCUT2D eigenvalue weighted by Crippen LogP contribution is 2.39. The molecule has 2 aromatic carbocycles. The molecule has 5 nitrogen and oxygen atoms in total. The van der Waals surface area contributed by atoms with Crippen LogP contribution in [0.15, 0.2) is 48.5 Å². The van der Waals surface area contributed by atoms with Crippen LogP contribution < -0.4 is 16.0 Å². The Labute approximate surface area is 198 Å². The molecular weight excluding hydrogens is 476 g/mol. The first-order chi connectivity index (χ1) is 16.3. The molecule has 0 aromatic heterocycles. The van der Waals surface area contributed by atoms with E-state index >= 15 is 0 Å². The van der Waals surface area contributed by atoms with Crippen molar-refractivity contribution in [3.05, 3.63) is 70.8 Å². The van der Waals surface area contributed by atoms with E-state index in [1.165, 1.54) is 6.92 Å². The summed E-state index contributed by atoms with van der Waals surface area (Å²) in [6.45, 7) is 2.30. The number of nitrogens with one attached hydrogen (secondary N) is 3. The average molecular weight is 501 g/mol. The van der Waals surface area contributed by atoms with Crippen molar-refractivity contribution in [2.24, 2.45) is 0 Å². The van der Waals surface area contributed by atoms with Gasteiger partial charge in [0.15, 0.2) is 0 Å². The lowest BCUT2D eigenvalue weighted by Gasteiger charge is -2.46. The second-order valence-electron chi connectivity index (χ2n) is 9.18. The SMILES string of the molecule is CC(OCC1(c2ccccc2)CC[C@]2(CNC(=O)N2)CN1)c1cc(C(F)(F)F)cc(C(F)(F)F)c1. The normalized spacial score (nSPS) is 25.9. The number of halogens is 6. The minimum absolute atomic E-state index is 0.00717. The van der Waals surface area contributed by atoms with Crippen LogP contribution in [0.2, 0.25) is 0 Å². The fourth-order valence-electron chi connectivity index (χ4n) is 4.59. The molecular formula is C24H25F6N3O2. The van der Waals surface area contributed by atoms with Gasteiger partial charge in [0.2, 0.25) is 0 Å². The molecule has 2 saturated heterocycles. The lowest BCUT2D eigenvalue weighted by Crippen LogP contribution is -2.63. The third-order valence-electron chi connectivity index (χ3n) is 6.75. The second-order valence-corrected chi connectivity index (χ2v) is 9.18. The minimum atomic E-state index is -4.93. The first-order valence-electron chi connectivity index (χ1n) is 11.1. The van der Waals surface area contributed by atoms with Gasteiger partial charge in [0.1, 0.15) is 0 Å². The summed E-state index contributed by atoms with van der Waals surface area (Å²) in [5, 5.41) is 9.11. The summed E-state index contributed by atoms with van der Waals surface area (Å²) in [5.41, 5.74) is -3.29. The summed E-state index contributed by atoms with van der Waals surface area (Å²) in [4.78, 5) is 11.7. The maximum Gasteiger partial charge on any atom is 0.416 e. The molecule has 3 N–H and O–H groups in total. The van der Waals surface area contributed by atoms with E-state index in [1.54, 1.807) is 0 Å². The largest absolute Gasteiger partial charge is 0.416 e. The maximum atomic E-state index is 13.3. The Bertz CT molecular complexity index is 1030. The van der Waals surface area contributed by atoms with Gasteiger partial charge in [-0.1, -0.05) is 30.3 Å². The van der Waals surface area contributed by atoms with Crippen LogP contribution >= 0.6 is 0 Å². The highest BCUT2D eigenvalue weighted by molar-refractivity contribution is 5.77. The number of carbonyl (C=O) groups is 1. The smallest absolute Gasteiger partial charge is 0.372 e. The Kier molecular flexibility index (Phi) is 6.52. The van der Waals surface area contributed by atoms with Crippen LogP contribution in [-0.4, -0.2) is 31.3 Å². The molecule has 2 aliphatic rings. The van der Waals surface area contributed by atoms with Gasteiger partial charge < -0.3 is 20.7 Å². The standard InChI is InChI=1S/C24H25F6N3O2/c1-15(16-9-18(23(25,26)27)11-19(10-16)24(28,29)30)35-14-22(17-5-3-2-4-6-17)8-7-21(13-32-22)12-31-20(34)33-21/h2-6,9-11,15,32H,7-8,12-14H2,1H3,(H2,31,33,34)/t15?,21-,22?/m0/s1.